The Labute approximate surface area is 202 Å². The summed E-state index contributed by atoms with van der Waals surface area (Å²) >= 11 is 1.56. The maximum Gasteiger partial charge on any atom is 0.352 e. The van der Waals surface area contributed by atoms with E-state index in [0.717, 1.165) is 10.4 Å². The molecule has 34 heavy (non-hydrogen) atoms. The lowest BCUT2D eigenvalue weighted by Crippen LogP contribution is -2.22. The monoisotopic (exact) mass is 471 g/mol. The fraction of sp³-hybridized carbons (Fsp3) is 0.111. The van der Waals surface area contributed by atoms with Crippen molar-refractivity contribution in [3.63, 3.8) is 0 Å². The minimum atomic E-state index is -1.03. The molecule has 2 aromatic carbocycles. The van der Waals surface area contributed by atoms with Crippen LogP contribution in [0.5, 0.6) is 5.88 Å². The van der Waals surface area contributed by atoms with E-state index in [9.17, 15) is 4.79 Å². The van der Waals surface area contributed by atoms with E-state index in [1.54, 1.807) is 23.5 Å². The van der Waals surface area contributed by atoms with Gasteiger partial charge >= 0.3 is 5.97 Å². The number of anilines is 2. The van der Waals surface area contributed by atoms with Crippen molar-refractivity contribution in [1.29, 1.82) is 0 Å². The molecule has 1 unspecified atom stereocenters. The van der Waals surface area contributed by atoms with Gasteiger partial charge in [0.15, 0.2) is 0 Å². The Kier molecular flexibility index (Phi) is 7.57. The number of benzene rings is 2. The quantitative estimate of drug-likeness (QED) is 0.223. The molecule has 0 radical (unpaired) electrons. The Morgan fingerprint density at radius 1 is 1.09 bits per heavy atom. The molecule has 4 aromatic rings. The maximum absolute atomic E-state index is 12.9. The lowest BCUT2D eigenvalue weighted by Gasteiger charge is -2.20. The van der Waals surface area contributed by atoms with E-state index >= 15 is 0 Å². The van der Waals surface area contributed by atoms with E-state index in [1.165, 1.54) is 6.08 Å². The van der Waals surface area contributed by atoms with Crippen LogP contribution in [0, 0.1) is 0 Å². The standard InChI is InChI=1S/C27H25N3O3S/c1-2-15-32-27(31)25(20-12-7-4-8-13-20)33-26-24(28)22(29-18-19-10-5-3-6-11-19)17-21(30-26)23-14-9-16-34-23/h2-14,16-17,25H,1,15,18,28H2,(H,29,30). The molecular formula is C27H25N3O3S. The Morgan fingerprint density at radius 3 is 2.50 bits per heavy atom. The van der Waals surface area contributed by atoms with Gasteiger partial charge in [-0.1, -0.05) is 79.4 Å². The number of hydrogen-bond donors (Lipinski definition) is 2. The van der Waals surface area contributed by atoms with Gasteiger partial charge in [-0.15, -0.1) is 11.3 Å². The fourth-order valence-corrected chi connectivity index (χ4v) is 4.01. The largest absolute Gasteiger partial charge is 0.458 e. The second-order valence-corrected chi connectivity index (χ2v) is 8.37. The van der Waals surface area contributed by atoms with E-state index in [4.69, 9.17) is 15.2 Å². The molecule has 0 aliphatic heterocycles. The maximum atomic E-state index is 12.9. The predicted octanol–water partition coefficient (Wildman–Crippen LogP) is 5.85. The summed E-state index contributed by atoms with van der Waals surface area (Å²) in [4.78, 5) is 18.5. The Balaban J connectivity index is 1.70. The van der Waals surface area contributed by atoms with Crippen LogP contribution in [-0.2, 0) is 16.1 Å². The predicted molar refractivity (Wildman–Crippen MR) is 137 cm³/mol. The smallest absolute Gasteiger partial charge is 0.352 e. The average Bonchev–Trinajstić information content (AvgIpc) is 3.42. The van der Waals surface area contributed by atoms with Crippen LogP contribution in [0.15, 0.2) is 96.9 Å². The zero-order valence-electron chi connectivity index (χ0n) is 18.5. The number of nitrogens with two attached hydrogens (primary N) is 1. The van der Waals surface area contributed by atoms with Crippen molar-refractivity contribution in [2.24, 2.45) is 0 Å². The summed E-state index contributed by atoms with van der Waals surface area (Å²) < 4.78 is 11.4. The number of rotatable bonds is 10. The number of ether oxygens (including phenoxy) is 2. The zero-order valence-corrected chi connectivity index (χ0v) is 19.3. The molecule has 0 aliphatic rings. The number of nitrogen functional groups attached to an aromatic ring is 1. The number of thiophene rings is 1. The van der Waals surface area contributed by atoms with Crippen molar-refractivity contribution < 1.29 is 14.3 Å². The summed E-state index contributed by atoms with van der Waals surface area (Å²) in [6.07, 6.45) is 0.478. The summed E-state index contributed by atoms with van der Waals surface area (Å²) in [5.41, 5.74) is 9.90. The number of carbonyl (C=O) groups excluding carboxylic acids is 1. The number of aromatic nitrogens is 1. The van der Waals surface area contributed by atoms with Gasteiger partial charge in [0.25, 0.3) is 0 Å². The third-order valence-electron chi connectivity index (χ3n) is 5.01. The third kappa shape index (κ3) is 5.63. The van der Waals surface area contributed by atoms with Gasteiger partial charge in [0.1, 0.15) is 12.3 Å². The Morgan fingerprint density at radius 2 is 1.82 bits per heavy atom. The molecule has 2 aromatic heterocycles. The summed E-state index contributed by atoms with van der Waals surface area (Å²) in [6, 6.07) is 25.0. The molecule has 0 spiro atoms. The van der Waals surface area contributed by atoms with Gasteiger partial charge in [0.05, 0.1) is 16.3 Å². The zero-order chi connectivity index (χ0) is 23.8. The van der Waals surface area contributed by atoms with E-state index in [-0.39, 0.29) is 12.5 Å². The van der Waals surface area contributed by atoms with E-state index in [0.29, 0.717) is 29.2 Å². The minimum absolute atomic E-state index is 0.0769. The van der Waals surface area contributed by atoms with Crippen LogP contribution < -0.4 is 15.8 Å². The van der Waals surface area contributed by atoms with Crippen LogP contribution in [0.1, 0.15) is 17.2 Å². The molecule has 1 atom stereocenters. The van der Waals surface area contributed by atoms with Crippen LogP contribution in [0.3, 0.4) is 0 Å². The van der Waals surface area contributed by atoms with Crippen LogP contribution in [0.4, 0.5) is 11.4 Å². The van der Waals surface area contributed by atoms with Gasteiger partial charge in [0.2, 0.25) is 12.0 Å². The number of esters is 1. The van der Waals surface area contributed by atoms with Crippen molar-refractivity contribution in [3.05, 3.63) is 108 Å². The highest BCUT2D eigenvalue weighted by Gasteiger charge is 2.27. The molecule has 0 bridgehead atoms. The van der Waals surface area contributed by atoms with Gasteiger partial charge in [0, 0.05) is 12.1 Å². The summed E-state index contributed by atoms with van der Waals surface area (Å²) in [6.45, 7) is 4.25. The molecule has 0 fully saturated rings. The minimum Gasteiger partial charge on any atom is -0.458 e. The Hall–Kier alpha value is -4.10. The van der Waals surface area contributed by atoms with Crippen molar-refractivity contribution in [1.82, 2.24) is 4.98 Å². The Bertz CT molecular complexity index is 1230. The van der Waals surface area contributed by atoms with E-state index < -0.39 is 12.1 Å². The van der Waals surface area contributed by atoms with Crippen LogP contribution in [0.2, 0.25) is 0 Å². The molecule has 0 saturated carbocycles. The third-order valence-corrected chi connectivity index (χ3v) is 5.90. The van der Waals surface area contributed by atoms with E-state index in [1.807, 2.05) is 72.1 Å². The molecule has 6 nitrogen and oxygen atoms in total. The molecule has 0 saturated heterocycles. The van der Waals surface area contributed by atoms with Crippen molar-refractivity contribution in [2.45, 2.75) is 12.6 Å². The first kappa shape index (κ1) is 23.1. The number of pyridine rings is 1. The van der Waals surface area contributed by atoms with Gasteiger partial charge in [-0.2, -0.15) is 0 Å². The topological polar surface area (TPSA) is 86.5 Å². The van der Waals surface area contributed by atoms with Crippen LogP contribution in [-0.4, -0.2) is 17.6 Å². The average molecular weight is 472 g/mol. The molecule has 172 valence electrons. The molecule has 0 amide bonds. The number of hydrogen-bond acceptors (Lipinski definition) is 7. The van der Waals surface area contributed by atoms with Crippen molar-refractivity contribution >= 4 is 28.7 Å². The second-order valence-electron chi connectivity index (χ2n) is 7.42. The molecule has 7 heteroatoms. The van der Waals surface area contributed by atoms with Gasteiger partial charge < -0.3 is 20.5 Å². The lowest BCUT2D eigenvalue weighted by atomic mass is 10.1. The number of carbonyl (C=O) groups is 1. The van der Waals surface area contributed by atoms with Crippen LogP contribution >= 0.6 is 11.3 Å². The normalized spacial score (nSPS) is 11.4. The molecule has 2 heterocycles. The highest BCUT2D eigenvalue weighted by Crippen LogP contribution is 2.37. The first-order valence-corrected chi connectivity index (χ1v) is 11.6. The lowest BCUT2D eigenvalue weighted by molar-refractivity contribution is -0.151. The number of nitrogens with one attached hydrogen (secondary N) is 1. The molecule has 4 rings (SSSR count). The first-order chi connectivity index (χ1) is 16.7. The van der Waals surface area contributed by atoms with Crippen molar-refractivity contribution in [2.75, 3.05) is 17.7 Å². The summed E-state index contributed by atoms with van der Waals surface area (Å²) in [7, 11) is 0. The highest BCUT2D eigenvalue weighted by atomic mass is 32.1. The summed E-state index contributed by atoms with van der Waals surface area (Å²) in [5.74, 6) is -0.390. The fourth-order valence-electron chi connectivity index (χ4n) is 3.32. The SMILES string of the molecule is C=CCOC(=O)C(Oc1nc(-c2cccs2)cc(NCc2ccccc2)c1N)c1ccccc1. The molecular weight excluding hydrogens is 446 g/mol. The van der Waals surface area contributed by atoms with Gasteiger partial charge in [-0.05, 0) is 23.1 Å². The van der Waals surface area contributed by atoms with Crippen LogP contribution in [0.25, 0.3) is 10.6 Å². The van der Waals surface area contributed by atoms with Crippen molar-refractivity contribution in [3.8, 4) is 16.5 Å². The van der Waals surface area contributed by atoms with Gasteiger partial charge in [-0.3, -0.25) is 0 Å². The highest BCUT2D eigenvalue weighted by molar-refractivity contribution is 7.13. The first-order valence-electron chi connectivity index (χ1n) is 10.8. The summed E-state index contributed by atoms with van der Waals surface area (Å²) in [5, 5.41) is 5.36. The molecule has 0 aliphatic carbocycles. The second kappa shape index (κ2) is 11.2. The molecule has 3 N–H and O–H groups in total. The van der Waals surface area contributed by atoms with Gasteiger partial charge in [-0.25, -0.2) is 9.78 Å². The van der Waals surface area contributed by atoms with E-state index in [2.05, 4.69) is 16.9 Å². The number of nitrogens with zero attached hydrogens (tertiary/aromatic N) is 1.